The van der Waals surface area contributed by atoms with Gasteiger partial charge in [0.25, 0.3) is 5.56 Å². The van der Waals surface area contributed by atoms with Gasteiger partial charge in [-0.05, 0) is 25.8 Å². The van der Waals surface area contributed by atoms with Crippen molar-refractivity contribution in [2.45, 2.75) is 44.3 Å². The number of hydrogen-bond donors (Lipinski definition) is 1. The van der Waals surface area contributed by atoms with Crippen LogP contribution in [0.25, 0.3) is 0 Å². The van der Waals surface area contributed by atoms with E-state index in [1.807, 2.05) is 0 Å². The van der Waals surface area contributed by atoms with Crippen molar-refractivity contribution in [1.29, 1.82) is 0 Å². The van der Waals surface area contributed by atoms with Gasteiger partial charge in [0.2, 0.25) is 0 Å². The van der Waals surface area contributed by atoms with Crippen molar-refractivity contribution in [1.82, 2.24) is 14.7 Å². The number of allylic oxidation sites excluding steroid dienone is 1. The van der Waals surface area contributed by atoms with E-state index in [-0.39, 0.29) is 10.6 Å². The summed E-state index contributed by atoms with van der Waals surface area (Å²) in [6, 6.07) is 0.921. The van der Waals surface area contributed by atoms with Crippen molar-refractivity contribution in [3.63, 3.8) is 0 Å². The van der Waals surface area contributed by atoms with Gasteiger partial charge in [0.05, 0.1) is 18.4 Å². The van der Waals surface area contributed by atoms with Crippen LogP contribution in [0.5, 0.6) is 0 Å². The molecule has 2 aliphatic heterocycles. The molecule has 0 radical (unpaired) electrons. The molecule has 0 aliphatic carbocycles. The Labute approximate surface area is 129 Å². The first-order valence-corrected chi connectivity index (χ1v) is 7.95. The fraction of sp³-hybridized carbons (Fsp3) is 0.600. The average Bonchev–Trinajstić information content (AvgIpc) is 2.90. The molecule has 1 aromatic rings. The van der Waals surface area contributed by atoms with Crippen LogP contribution in [0.4, 0.5) is 5.69 Å². The highest BCUT2D eigenvalue weighted by Gasteiger charge is 2.35. The molecule has 2 fully saturated rings. The summed E-state index contributed by atoms with van der Waals surface area (Å²) in [5, 5.41) is 7.81. The number of halogens is 1. The minimum Gasteiger partial charge on any atom is -0.378 e. The Kier molecular flexibility index (Phi) is 4.31. The van der Waals surface area contributed by atoms with Crippen LogP contribution in [0.3, 0.4) is 0 Å². The predicted molar refractivity (Wildman–Crippen MR) is 84.9 cm³/mol. The summed E-state index contributed by atoms with van der Waals surface area (Å²) in [6.07, 6.45) is 8.18. The third-order valence-electron chi connectivity index (χ3n) is 4.48. The van der Waals surface area contributed by atoms with Gasteiger partial charge < -0.3 is 5.32 Å². The summed E-state index contributed by atoms with van der Waals surface area (Å²) in [5.41, 5.74) is 0.388. The number of nitrogens with one attached hydrogen (secondary N) is 1. The lowest BCUT2D eigenvalue weighted by Crippen LogP contribution is -2.42. The van der Waals surface area contributed by atoms with Crippen LogP contribution in [0.2, 0.25) is 5.02 Å². The molecule has 2 atom stereocenters. The number of fused-ring (bicyclic) bond motifs is 1. The van der Waals surface area contributed by atoms with Gasteiger partial charge in [-0.2, -0.15) is 5.10 Å². The molecule has 5 nitrogen and oxygen atoms in total. The summed E-state index contributed by atoms with van der Waals surface area (Å²) >= 11 is 6.20. The largest absolute Gasteiger partial charge is 0.378 e. The number of piperidine rings is 1. The molecule has 0 spiro atoms. The van der Waals surface area contributed by atoms with E-state index >= 15 is 0 Å². The molecule has 0 bridgehead atoms. The van der Waals surface area contributed by atoms with Gasteiger partial charge >= 0.3 is 0 Å². The maximum absolute atomic E-state index is 12.1. The molecule has 21 heavy (non-hydrogen) atoms. The zero-order chi connectivity index (χ0) is 14.8. The Morgan fingerprint density at radius 3 is 3.10 bits per heavy atom. The smallest absolute Gasteiger partial charge is 0.287 e. The number of rotatable bonds is 4. The van der Waals surface area contributed by atoms with Crippen LogP contribution < -0.4 is 10.9 Å². The van der Waals surface area contributed by atoms with Crippen molar-refractivity contribution in [3.05, 3.63) is 34.2 Å². The molecule has 114 valence electrons. The summed E-state index contributed by atoms with van der Waals surface area (Å²) in [4.78, 5) is 14.6. The Hall–Kier alpha value is -1.33. The van der Waals surface area contributed by atoms with Gasteiger partial charge in [-0.3, -0.25) is 9.69 Å². The number of hydrogen-bond acceptors (Lipinski definition) is 4. The van der Waals surface area contributed by atoms with E-state index in [1.54, 1.807) is 12.3 Å². The highest BCUT2D eigenvalue weighted by molar-refractivity contribution is 6.32. The van der Waals surface area contributed by atoms with Gasteiger partial charge in [0.15, 0.2) is 0 Å². The van der Waals surface area contributed by atoms with E-state index in [1.165, 1.54) is 30.5 Å². The Morgan fingerprint density at radius 1 is 1.43 bits per heavy atom. The van der Waals surface area contributed by atoms with Gasteiger partial charge in [-0.1, -0.05) is 24.1 Å². The quantitative estimate of drug-likeness (QED) is 0.866. The average molecular weight is 309 g/mol. The maximum Gasteiger partial charge on any atom is 0.287 e. The molecule has 0 saturated carbocycles. The van der Waals surface area contributed by atoms with Crippen LogP contribution in [-0.2, 0) is 6.54 Å². The Bertz CT molecular complexity index is 586. The van der Waals surface area contributed by atoms with Crippen LogP contribution in [0.15, 0.2) is 23.6 Å². The Balaban J connectivity index is 1.77. The number of aromatic nitrogens is 2. The second-order valence-corrected chi connectivity index (χ2v) is 6.16. The zero-order valence-corrected chi connectivity index (χ0v) is 12.9. The van der Waals surface area contributed by atoms with Crippen LogP contribution >= 0.6 is 11.6 Å². The van der Waals surface area contributed by atoms with Gasteiger partial charge in [0.1, 0.15) is 5.02 Å². The highest BCUT2D eigenvalue weighted by atomic mass is 35.5. The summed E-state index contributed by atoms with van der Waals surface area (Å²) < 4.78 is 1.32. The number of nitrogens with zero attached hydrogens (tertiary/aromatic N) is 3. The van der Waals surface area contributed by atoms with Crippen LogP contribution in [0, 0.1) is 0 Å². The normalized spacial score (nSPS) is 25.6. The standard InChI is InChI=1S/C15H21ClN4O/c1-2-7-20-15(21)14(16)12(10-17-20)18-11-6-9-19-8-4-3-5-13(11)19/h2,10-11,13,18H,1,3-9H2. The lowest BCUT2D eigenvalue weighted by atomic mass is 9.99. The molecule has 2 aliphatic rings. The van der Waals surface area contributed by atoms with Gasteiger partial charge in [-0.15, -0.1) is 6.58 Å². The molecule has 0 aromatic carbocycles. The molecule has 6 heteroatoms. The van der Waals surface area contributed by atoms with Crippen molar-refractivity contribution in [2.24, 2.45) is 0 Å². The molecular formula is C15H21ClN4O. The number of anilines is 1. The van der Waals surface area contributed by atoms with E-state index in [0.717, 1.165) is 13.0 Å². The van der Waals surface area contributed by atoms with E-state index in [4.69, 9.17) is 11.6 Å². The topological polar surface area (TPSA) is 50.2 Å². The summed E-state index contributed by atoms with van der Waals surface area (Å²) in [6.45, 7) is 6.30. The van der Waals surface area contributed by atoms with Crippen molar-refractivity contribution >= 4 is 17.3 Å². The fourth-order valence-corrected chi connectivity index (χ4v) is 3.63. The lowest BCUT2D eigenvalue weighted by Gasteiger charge is -2.33. The summed E-state index contributed by atoms with van der Waals surface area (Å²) in [5.74, 6) is 0. The Morgan fingerprint density at radius 2 is 2.29 bits per heavy atom. The van der Waals surface area contributed by atoms with E-state index in [2.05, 4.69) is 21.9 Å². The van der Waals surface area contributed by atoms with E-state index in [9.17, 15) is 4.79 Å². The second kappa shape index (κ2) is 6.20. The first-order valence-electron chi connectivity index (χ1n) is 7.58. The fourth-order valence-electron chi connectivity index (χ4n) is 3.43. The van der Waals surface area contributed by atoms with Crippen molar-refractivity contribution < 1.29 is 0 Å². The monoisotopic (exact) mass is 308 g/mol. The first kappa shape index (κ1) is 14.6. The molecular weight excluding hydrogens is 288 g/mol. The molecule has 2 saturated heterocycles. The molecule has 0 amide bonds. The third-order valence-corrected chi connectivity index (χ3v) is 4.85. The first-order chi connectivity index (χ1) is 10.2. The summed E-state index contributed by atoms with van der Waals surface area (Å²) in [7, 11) is 0. The molecule has 2 unspecified atom stereocenters. The predicted octanol–water partition coefficient (Wildman–Crippen LogP) is 2.12. The van der Waals surface area contributed by atoms with Gasteiger partial charge in [-0.25, -0.2) is 4.68 Å². The van der Waals surface area contributed by atoms with Crippen LogP contribution in [-0.4, -0.2) is 39.9 Å². The highest BCUT2D eigenvalue weighted by Crippen LogP contribution is 2.30. The molecule has 3 heterocycles. The third kappa shape index (κ3) is 2.85. The van der Waals surface area contributed by atoms with E-state index < -0.39 is 0 Å². The van der Waals surface area contributed by atoms with E-state index in [0.29, 0.717) is 24.3 Å². The molecule has 3 rings (SSSR count). The lowest BCUT2D eigenvalue weighted by molar-refractivity contribution is 0.192. The van der Waals surface area contributed by atoms with Crippen LogP contribution in [0.1, 0.15) is 25.7 Å². The molecule has 1 aromatic heterocycles. The second-order valence-electron chi connectivity index (χ2n) is 5.79. The minimum atomic E-state index is -0.264. The van der Waals surface area contributed by atoms with Crippen molar-refractivity contribution in [3.8, 4) is 0 Å². The van der Waals surface area contributed by atoms with Crippen molar-refractivity contribution in [2.75, 3.05) is 18.4 Å². The van der Waals surface area contributed by atoms with Gasteiger partial charge in [0, 0.05) is 18.6 Å². The maximum atomic E-state index is 12.1. The minimum absolute atomic E-state index is 0.223. The SMILES string of the molecule is C=CCn1ncc(NC2CCN3CCCCC23)c(Cl)c1=O. The zero-order valence-electron chi connectivity index (χ0n) is 12.1. The molecule has 1 N–H and O–H groups in total.